The Kier molecular flexibility index (Phi) is 9.46. The van der Waals surface area contributed by atoms with Crippen LogP contribution in [0.4, 0.5) is 0 Å². The van der Waals surface area contributed by atoms with Crippen LogP contribution in [0.5, 0.6) is 0 Å². The number of fused-ring (bicyclic) bond motifs is 1. The first-order chi connectivity index (χ1) is 21.4. The zero-order valence-electron chi connectivity index (χ0n) is 27.3. The Morgan fingerprint density at radius 1 is 0.956 bits per heavy atom. The fourth-order valence-corrected chi connectivity index (χ4v) is 6.50. The Bertz CT molecular complexity index is 1560. The quantitative estimate of drug-likeness (QED) is 0.351. The van der Waals surface area contributed by atoms with Crippen molar-refractivity contribution in [1.82, 2.24) is 19.6 Å². The molecule has 238 valence electrons. The molecule has 3 atom stereocenters. The first-order valence-corrected chi connectivity index (χ1v) is 15.9. The summed E-state index contributed by atoms with van der Waals surface area (Å²) >= 11 is 0. The van der Waals surface area contributed by atoms with Gasteiger partial charge in [0, 0.05) is 58.2 Å². The van der Waals surface area contributed by atoms with E-state index in [0.717, 1.165) is 35.0 Å². The van der Waals surface area contributed by atoms with Crippen molar-refractivity contribution in [1.29, 1.82) is 0 Å². The van der Waals surface area contributed by atoms with Crippen LogP contribution < -0.4 is 5.73 Å². The van der Waals surface area contributed by atoms with E-state index in [1.165, 1.54) is 11.0 Å². The lowest BCUT2D eigenvalue weighted by atomic mass is 9.98. The molecule has 1 aliphatic carbocycles. The molecule has 1 heterocycles. The molecule has 1 saturated heterocycles. The van der Waals surface area contributed by atoms with Gasteiger partial charge in [-0.15, -0.1) is 0 Å². The van der Waals surface area contributed by atoms with Gasteiger partial charge in [-0.1, -0.05) is 78.9 Å². The molecule has 0 aromatic heterocycles. The molecule has 1 unspecified atom stereocenters. The van der Waals surface area contributed by atoms with Crippen molar-refractivity contribution >= 4 is 28.5 Å². The Morgan fingerprint density at radius 2 is 1.60 bits per heavy atom. The van der Waals surface area contributed by atoms with Gasteiger partial charge in [-0.05, 0) is 61.7 Å². The van der Waals surface area contributed by atoms with E-state index in [1.807, 2.05) is 79.4 Å². The summed E-state index contributed by atoms with van der Waals surface area (Å²) in [5.74, 6) is -0.647. The van der Waals surface area contributed by atoms with Crippen LogP contribution >= 0.6 is 0 Å². The number of rotatable bonds is 10. The van der Waals surface area contributed by atoms with E-state index in [2.05, 4.69) is 24.1 Å². The molecule has 0 spiro atoms. The van der Waals surface area contributed by atoms with Crippen LogP contribution in [0.2, 0.25) is 0 Å². The van der Waals surface area contributed by atoms with E-state index in [0.29, 0.717) is 32.4 Å². The normalized spacial score (nSPS) is 21.1. The second-order valence-electron chi connectivity index (χ2n) is 13.5. The summed E-state index contributed by atoms with van der Waals surface area (Å²) in [6.07, 6.45) is 4.67. The zero-order valence-corrected chi connectivity index (χ0v) is 27.3. The summed E-state index contributed by atoms with van der Waals surface area (Å²) in [5, 5.41) is 2.18. The fraction of sp³-hybridized carbons (Fsp3) is 0.432. The van der Waals surface area contributed by atoms with Gasteiger partial charge in [0.25, 0.3) is 0 Å². The van der Waals surface area contributed by atoms with Gasteiger partial charge in [-0.2, -0.15) is 0 Å². The predicted octanol–water partition coefficient (Wildman–Crippen LogP) is 4.05. The fourth-order valence-electron chi connectivity index (χ4n) is 6.50. The van der Waals surface area contributed by atoms with Gasteiger partial charge < -0.3 is 25.3 Å². The maximum absolute atomic E-state index is 14.7. The third-order valence-corrected chi connectivity index (χ3v) is 9.47. The highest BCUT2D eigenvalue weighted by Crippen LogP contribution is 2.56. The monoisotopic (exact) mass is 609 g/mol. The van der Waals surface area contributed by atoms with Gasteiger partial charge in [0.15, 0.2) is 0 Å². The van der Waals surface area contributed by atoms with Crippen LogP contribution in [0.15, 0.2) is 84.9 Å². The van der Waals surface area contributed by atoms with E-state index in [9.17, 15) is 14.4 Å². The number of hydrogen-bond acceptors (Lipinski definition) is 5. The second-order valence-corrected chi connectivity index (χ2v) is 13.5. The van der Waals surface area contributed by atoms with Crippen LogP contribution in [-0.4, -0.2) is 102 Å². The van der Waals surface area contributed by atoms with Gasteiger partial charge in [-0.3, -0.25) is 14.4 Å². The zero-order chi connectivity index (χ0) is 32.4. The van der Waals surface area contributed by atoms with E-state index in [4.69, 9.17) is 5.73 Å². The summed E-state index contributed by atoms with van der Waals surface area (Å²) in [6.45, 7) is 6.65. The Balaban J connectivity index is 1.48. The lowest BCUT2D eigenvalue weighted by Crippen LogP contribution is -2.60. The highest BCUT2D eigenvalue weighted by Gasteiger charge is 2.66. The van der Waals surface area contributed by atoms with Gasteiger partial charge >= 0.3 is 0 Å². The average Bonchev–Trinajstić information content (AvgIpc) is 3.79. The molecule has 2 fully saturated rings. The number of hydrogen-bond donors (Lipinski definition) is 1. The largest absolute Gasteiger partial charge is 0.338 e. The number of piperazine rings is 1. The van der Waals surface area contributed by atoms with E-state index in [1.54, 1.807) is 25.1 Å². The number of nitrogens with zero attached hydrogens (tertiary/aromatic N) is 4. The van der Waals surface area contributed by atoms with Crippen LogP contribution in [0.25, 0.3) is 10.8 Å². The first kappa shape index (κ1) is 32.4. The first-order valence-electron chi connectivity index (χ1n) is 15.9. The molecule has 1 saturated carbocycles. The minimum Gasteiger partial charge on any atom is -0.338 e. The molecular formula is C37H47N5O3. The minimum absolute atomic E-state index is 0.0104. The maximum atomic E-state index is 14.7. The number of benzene rings is 3. The second kappa shape index (κ2) is 13.2. The van der Waals surface area contributed by atoms with Crippen LogP contribution in [0.3, 0.4) is 0 Å². The van der Waals surface area contributed by atoms with Gasteiger partial charge in [-0.25, -0.2) is 0 Å². The number of amides is 3. The standard InChI is InChI=1S/C37H47N5O3/c1-36(2,38)19-11-16-33(43)40(4)32(25-27-17-18-28-12-9-10-15-30(28)24-27)34(44)41(5)37(26-31(37)29-13-7-6-8-14-29)35(45)42-22-20-39(3)21-23-42/h6-18,24,31-32H,19-23,25-26,38H2,1-5H3/b16-11+/t31-,32-,37?/m1/s1. The molecule has 2 N–H and O–H groups in total. The molecule has 45 heavy (non-hydrogen) atoms. The van der Waals surface area contributed by atoms with Crippen molar-refractivity contribution < 1.29 is 14.4 Å². The van der Waals surface area contributed by atoms with Crippen molar-refractivity contribution in [3.8, 4) is 0 Å². The van der Waals surface area contributed by atoms with Crippen molar-refractivity contribution in [2.24, 2.45) is 5.73 Å². The molecule has 8 heteroatoms. The van der Waals surface area contributed by atoms with E-state index in [-0.39, 0.29) is 23.6 Å². The summed E-state index contributed by atoms with van der Waals surface area (Å²) in [6, 6.07) is 23.4. The highest BCUT2D eigenvalue weighted by molar-refractivity contribution is 5.99. The molecule has 0 radical (unpaired) electrons. The van der Waals surface area contributed by atoms with Gasteiger partial charge in [0.05, 0.1) is 0 Å². The molecule has 0 bridgehead atoms. The Morgan fingerprint density at radius 3 is 2.27 bits per heavy atom. The third kappa shape index (κ3) is 7.13. The number of likely N-dealkylation sites (N-methyl/N-ethyl adjacent to an activating group) is 3. The molecular weight excluding hydrogens is 562 g/mol. The summed E-state index contributed by atoms with van der Waals surface area (Å²) < 4.78 is 0. The van der Waals surface area contributed by atoms with E-state index < -0.39 is 17.1 Å². The lowest BCUT2D eigenvalue weighted by Gasteiger charge is -2.40. The van der Waals surface area contributed by atoms with Crippen LogP contribution in [-0.2, 0) is 20.8 Å². The Labute approximate surface area is 267 Å². The molecule has 2 aliphatic rings. The summed E-state index contributed by atoms with van der Waals surface area (Å²) in [7, 11) is 5.48. The molecule has 8 nitrogen and oxygen atoms in total. The molecule has 3 amide bonds. The van der Waals surface area contributed by atoms with E-state index >= 15 is 0 Å². The van der Waals surface area contributed by atoms with Crippen molar-refractivity contribution in [3.63, 3.8) is 0 Å². The van der Waals surface area contributed by atoms with Gasteiger partial charge in [0.1, 0.15) is 11.6 Å². The van der Waals surface area contributed by atoms with Crippen molar-refractivity contribution in [2.75, 3.05) is 47.3 Å². The maximum Gasteiger partial charge on any atom is 0.249 e. The third-order valence-electron chi connectivity index (χ3n) is 9.47. The summed E-state index contributed by atoms with van der Waals surface area (Å²) in [4.78, 5) is 49.9. The minimum atomic E-state index is -1.00. The molecule has 5 rings (SSSR count). The van der Waals surface area contributed by atoms with Crippen LogP contribution in [0.1, 0.15) is 43.7 Å². The van der Waals surface area contributed by atoms with Crippen molar-refractivity contribution in [2.45, 2.75) is 56.1 Å². The lowest BCUT2D eigenvalue weighted by molar-refractivity contribution is -0.151. The smallest absolute Gasteiger partial charge is 0.249 e. The number of carbonyl (C=O) groups is 3. The van der Waals surface area contributed by atoms with Crippen molar-refractivity contribution in [3.05, 3.63) is 96.1 Å². The molecule has 1 aliphatic heterocycles. The van der Waals surface area contributed by atoms with Gasteiger partial charge in [0.2, 0.25) is 17.7 Å². The summed E-state index contributed by atoms with van der Waals surface area (Å²) in [5.41, 5.74) is 6.67. The topological polar surface area (TPSA) is 90.2 Å². The van der Waals surface area contributed by atoms with Crippen LogP contribution in [0, 0.1) is 0 Å². The number of nitrogens with two attached hydrogens (primary N) is 1. The Hall–Kier alpha value is -4.01. The SMILES string of the molecule is CN1CCN(C(=O)C2(N(C)C(=O)[C@@H](Cc3ccc4ccccc4c3)N(C)C(=O)/C=C/CC(C)(C)N)C[C@@H]2c2ccccc2)CC1. The number of carbonyl (C=O) groups excluding carboxylic acids is 3. The molecule has 3 aromatic carbocycles. The molecule has 3 aromatic rings. The highest BCUT2D eigenvalue weighted by atomic mass is 16.2. The predicted molar refractivity (Wildman–Crippen MR) is 180 cm³/mol. The average molecular weight is 610 g/mol.